The Morgan fingerprint density at radius 3 is 2.61 bits per heavy atom. The monoisotopic (exact) mass is 285 g/mol. The van der Waals surface area contributed by atoms with Crippen molar-refractivity contribution < 1.29 is 9.53 Å². The third-order valence-electron chi connectivity index (χ3n) is 2.06. The molecule has 1 aromatic carbocycles. The molecule has 0 saturated carbocycles. The first-order chi connectivity index (χ1) is 8.60. The first-order valence-corrected chi connectivity index (χ1v) is 5.91. The minimum absolute atomic E-state index is 0.00653. The van der Waals surface area contributed by atoms with E-state index in [4.69, 9.17) is 27.9 Å². The number of aromatic nitrogens is 3. The topological polar surface area (TPSA) is 57.0 Å². The van der Waals surface area contributed by atoms with Gasteiger partial charge in [-0.15, -0.1) is 5.10 Å². The average molecular weight is 286 g/mol. The van der Waals surface area contributed by atoms with E-state index >= 15 is 0 Å². The fourth-order valence-electron chi connectivity index (χ4n) is 1.35. The highest BCUT2D eigenvalue weighted by Gasteiger charge is 2.13. The SMILES string of the molecule is CCOC(=O)c1ncn(-c2cc(Cl)cc(Cl)c2)n1. The number of rotatable bonds is 3. The molecule has 1 aromatic heterocycles. The van der Waals surface area contributed by atoms with Gasteiger partial charge in [0.2, 0.25) is 0 Å². The van der Waals surface area contributed by atoms with Crippen molar-refractivity contribution in [2.75, 3.05) is 6.61 Å². The Balaban J connectivity index is 2.32. The molecule has 0 aliphatic rings. The lowest BCUT2D eigenvalue weighted by molar-refractivity contribution is 0.0512. The second-order valence-electron chi connectivity index (χ2n) is 3.36. The number of hydrogen-bond donors (Lipinski definition) is 0. The molecule has 0 aliphatic carbocycles. The van der Waals surface area contributed by atoms with Gasteiger partial charge in [0.05, 0.1) is 12.3 Å². The molecule has 0 atom stereocenters. The highest BCUT2D eigenvalue weighted by Crippen LogP contribution is 2.21. The van der Waals surface area contributed by atoms with Crippen LogP contribution in [0.3, 0.4) is 0 Å². The summed E-state index contributed by atoms with van der Waals surface area (Å²) in [6, 6.07) is 4.93. The van der Waals surface area contributed by atoms with Crippen LogP contribution in [0.15, 0.2) is 24.5 Å². The molecule has 0 bridgehead atoms. The van der Waals surface area contributed by atoms with Crippen LogP contribution >= 0.6 is 23.2 Å². The van der Waals surface area contributed by atoms with E-state index in [0.29, 0.717) is 15.7 Å². The van der Waals surface area contributed by atoms with Gasteiger partial charge in [0.1, 0.15) is 6.33 Å². The van der Waals surface area contributed by atoms with Crippen LogP contribution in [-0.4, -0.2) is 27.3 Å². The summed E-state index contributed by atoms with van der Waals surface area (Å²) in [5.74, 6) is -0.572. The van der Waals surface area contributed by atoms with Gasteiger partial charge in [0.15, 0.2) is 0 Å². The van der Waals surface area contributed by atoms with Crippen LogP contribution in [0.5, 0.6) is 0 Å². The lowest BCUT2D eigenvalue weighted by Crippen LogP contribution is -2.07. The number of halogens is 2. The molecule has 18 heavy (non-hydrogen) atoms. The van der Waals surface area contributed by atoms with Crippen molar-refractivity contribution in [2.45, 2.75) is 6.92 Å². The highest BCUT2D eigenvalue weighted by atomic mass is 35.5. The molecule has 2 aromatic rings. The maximum absolute atomic E-state index is 11.4. The van der Waals surface area contributed by atoms with Crippen molar-refractivity contribution >= 4 is 29.2 Å². The minimum Gasteiger partial charge on any atom is -0.460 e. The van der Waals surface area contributed by atoms with Gasteiger partial charge in [0, 0.05) is 10.0 Å². The number of hydrogen-bond acceptors (Lipinski definition) is 4. The molecule has 0 fully saturated rings. The molecule has 0 unspecified atom stereocenters. The van der Waals surface area contributed by atoms with Gasteiger partial charge in [-0.1, -0.05) is 23.2 Å². The average Bonchev–Trinajstić information content (AvgIpc) is 2.77. The van der Waals surface area contributed by atoms with Crippen LogP contribution in [0, 0.1) is 0 Å². The Hall–Kier alpha value is -1.59. The smallest absolute Gasteiger partial charge is 0.378 e. The van der Waals surface area contributed by atoms with Gasteiger partial charge in [-0.3, -0.25) is 0 Å². The number of ether oxygens (including phenoxy) is 1. The third kappa shape index (κ3) is 2.80. The second kappa shape index (κ2) is 5.37. The zero-order valence-corrected chi connectivity index (χ0v) is 10.9. The zero-order chi connectivity index (χ0) is 13.1. The van der Waals surface area contributed by atoms with E-state index in [9.17, 15) is 4.79 Å². The van der Waals surface area contributed by atoms with E-state index in [-0.39, 0.29) is 12.4 Å². The summed E-state index contributed by atoms with van der Waals surface area (Å²) in [5.41, 5.74) is 0.621. The number of carbonyl (C=O) groups excluding carboxylic acids is 1. The molecular weight excluding hydrogens is 277 g/mol. The van der Waals surface area contributed by atoms with Gasteiger partial charge in [-0.05, 0) is 25.1 Å². The normalized spacial score (nSPS) is 10.4. The molecule has 2 rings (SSSR count). The van der Waals surface area contributed by atoms with Crippen molar-refractivity contribution in [3.05, 3.63) is 40.4 Å². The van der Waals surface area contributed by atoms with Gasteiger partial charge < -0.3 is 4.74 Å². The molecule has 0 N–H and O–H groups in total. The van der Waals surface area contributed by atoms with Gasteiger partial charge in [0.25, 0.3) is 5.82 Å². The Morgan fingerprint density at radius 1 is 1.33 bits per heavy atom. The Kier molecular flexibility index (Phi) is 3.84. The summed E-state index contributed by atoms with van der Waals surface area (Å²) in [6.45, 7) is 1.99. The maximum Gasteiger partial charge on any atom is 0.378 e. The predicted molar refractivity (Wildman–Crippen MR) is 67.3 cm³/mol. The van der Waals surface area contributed by atoms with Crippen molar-refractivity contribution in [2.24, 2.45) is 0 Å². The Bertz CT molecular complexity index is 563. The fraction of sp³-hybridized carbons (Fsp3) is 0.182. The van der Waals surface area contributed by atoms with Crippen LogP contribution in [0.2, 0.25) is 10.0 Å². The van der Waals surface area contributed by atoms with Crippen LogP contribution in [0.25, 0.3) is 5.69 Å². The highest BCUT2D eigenvalue weighted by molar-refractivity contribution is 6.34. The molecule has 0 aliphatic heterocycles. The van der Waals surface area contributed by atoms with Crippen molar-refractivity contribution in [3.8, 4) is 5.69 Å². The second-order valence-corrected chi connectivity index (χ2v) is 4.23. The summed E-state index contributed by atoms with van der Waals surface area (Å²) < 4.78 is 6.20. The number of nitrogens with zero attached hydrogens (tertiary/aromatic N) is 3. The quantitative estimate of drug-likeness (QED) is 0.814. The fourth-order valence-corrected chi connectivity index (χ4v) is 1.86. The zero-order valence-electron chi connectivity index (χ0n) is 9.43. The van der Waals surface area contributed by atoms with Crippen LogP contribution in [0.1, 0.15) is 17.5 Å². The van der Waals surface area contributed by atoms with Gasteiger partial charge in [-0.25, -0.2) is 14.5 Å². The van der Waals surface area contributed by atoms with E-state index in [0.717, 1.165) is 0 Å². The predicted octanol–water partition coefficient (Wildman–Crippen LogP) is 2.75. The molecular formula is C11H9Cl2N3O2. The standard InChI is InChI=1S/C11H9Cl2N3O2/c1-2-18-11(17)10-14-6-16(15-10)9-4-7(12)3-8(13)5-9/h3-6H,2H2,1H3. The van der Waals surface area contributed by atoms with E-state index in [1.165, 1.54) is 11.0 Å². The lowest BCUT2D eigenvalue weighted by Gasteiger charge is -2.01. The van der Waals surface area contributed by atoms with E-state index in [2.05, 4.69) is 10.1 Å². The number of benzene rings is 1. The van der Waals surface area contributed by atoms with E-state index < -0.39 is 5.97 Å². The lowest BCUT2D eigenvalue weighted by atomic mass is 10.3. The molecule has 1 heterocycles. The summed E-state index contributed by atoms with van der Waals surface area (Å²) in [6.07, 6.45) is 1.40. The molecule has 0 spiro atoms. The summed E-state index contributed by atoms with van der Waals surface area (Å²) in [5, 5.41) is 4.95. The van der Waals surface area contributed by atoms with Crippen molar-refractivity contribution in [1.82, 2.24) is 14.8 Å². The summed E-state index contributed by atoms with van der Waals surface area (Å²) in [7, 11) is 0. The van der Waals surface area contributed by atoms with Crippen molar-refractivity contribution in [1.29, 1.82) is 0 Å². The van der Waals surface area contributed by atoms with Crippen LogP contribution in [-0.2, 0) is 4.74 Å². The maximum atomic E-state index is 11.4. The third-order valence-corrected chi connectivity index (χ3v) is 2.50. The first kappa shape index (κ1) is 12.9. The Labute approximate surface area is 113 Å². The van der Waals surface area contributed by atoms with Gasteiger partial charge >= 0.3 is 5.97 Å². The summed E-state index contributed by atoms with van der Waals surface area (Å²) >= 11 is 11.8. The van der Waals surface area contributed by atoms with Gasteiger partial charge in [-0.2, -0.15) is 0 Å². The molecule has 0 amide bonds. The van der Waals surface area contributed by atoms with Crippen molar-refractivity contribution in [3.63, 3.8) is 0 Å². The van der Waals surface area contributed by atoms with Crippen LogP contribution in [0.4, 0.5) is 0 Å². The molecule has 7 heteroatoms. The molecule has 94 valence electrons. The Morgan fingerprint density at radius 2 is 2.00 bits per heavy atom. The van der Waals surface area contributed by atoms with Crippen LogP contribution < -0.4 is 0 Å². The molecule has 5 nitrogen and oxygen atoms in total. The number of carbonyl (C=O) groups is 1. The summed E-state index contributed by atoms with van der Waals surface area (Å²) in [4.78, 5) is 15.3. The molecule has 0 saturated heterocycles. The minimum atomic E-state index is -0.565. The largest absolute Gasteiger partial charge is 0.460 e. The first-order valence-electron chi connectivity index (χ1n) is 5.15. The van der Waals surface area contributed by atoms with E-state index in [1.54, 1.807) is 25.1 Å². The molecule has 0 radical (unpaired) electrons. The van der Waals surface area contributed by atoms with E-state index in [1.807, 2.05) is 0 Å². The number of esters is 1.